The molecule has 1 aromatic heterocycles. The van der Waals surface area contributed by atoms with E-state index in [-0.39, 0.29) is 18.9 Å². The monoisotopic (exact) mass is 586 g/mol. The van der Waals surface area contributed by atoms with E-state index in [0.29, 0.717) is 31.6 Å². The Morgan fingerprint density at radius 1 is 1.12 bits per heavy atom. The zero-order valence-corrected chi connectivity index (χ0v) is 25.9. The highest BCUT2D eigenvalue weighted by Crippen LogP contribution is 2.44. The first kappa shape index (κ1) is 32.0. The average Bonchev–Trinajstić information content (AvgIpc) is 3.47. The highest BCUT2D eigenvalue weighted by molar-refractivity contribution is 5.97. The molecule has 8 nitrogen and oxygen atoms in total. The smallest absolute Gasteiger partial charge is 0.249 e. The SMILES string of the molecule is CCCN(CCC)C(=O)C1=CC(C)=CC(C(N)=O)([C@H](Cc2ccc3[nH]ccc3c2)[C@@H](O)CNCc2cccc(OC)c2)C1. The van der Waals surface area contributed by atoms with Crippen LogP contribution in [0.1, 0.15) is 51.2 Å². The van der Waals surface area contributed by atoms with Crippen molar-refractivity contribution in [3.05, 3.63) is 89.2 Å². The van der Waals surface area contributed by atoms with Gasteiger partial charge in [0, 0.05) is 49.4 Å². The number of nitrogens with zero attached hydrogens (tertiary/aromatic N) is 1. The number of nitrogens with one attached hydrogen (secondary N) is 2. The number of allylic oxidation sites excluding steroid dienone is 2. The van der Waals surface area contributed by atoms with Gasteiger partial charge in [-0.2, -0.15) is 0 Å². The van der Waals surface area contributed by atoms with E-state index in [1.807, 2.05) is 72.6 Å². The third-order valence-corrected chi connectivity index (χ3v) is 8.39. The number of benzene rings is 2. The van der Waals surface area contributed by atoms with Crippen LogP contribution in [0.2, 0.25) is 0 Å². The summed E-state index contributed by atoms with van der Waals surface area (Å²) < 4.78 is 5.34. The summed E-state index contributed by atoms with van der Waals surface area (Å²) in [5, 5.41) is 16.2. The molecule has 8 heteroatoms. The number of H-pyrrole nitrogens is 1. The van der Waals surface area contributed by atoms with Crippen molar-refractivity contribution in [1.29, 1.82) is 0 Å². The first-order valence-corrected chi connectivity index (χ1v) is 15.3. The standard InChI is InChI=1S/C35H46N4O4/c1-5-14-39(15-6-2)33(41)28-16-24(3)20-35(21-28,34(36)42)30(19-25-10-11-31-27(17-25)12-13-38-31)32(40)23-37-22-26-8-7-9-29(18-26)43-4/h7-13,16-18,20,30,32,37-38,40H,5-6,14-15,19,21-23H2,1-4H3,(H2,36,42)/t30-,32+,35?/m1/s1. The van der Waals surface area contributed by atoms with Gasteiger partial charge in [-0.05, 0) is 79.5 Å². The van der Waals surface area contributed by atoms with Crippen molar-refractivity contribution < 1.29 is 19.4 Å². The Bertz CT molecular complexity index is 1470. The fourth-order valence-corrected chi connectivity index (χ4v) is 6.35. The van der Waals surface area contributed by atoms with Crippen molar-refractivity contribution in [2.75, 3.05) is 26.7 Å². The van der Waals surface area contributed by atoms with Crippen molar-refractivity contribution in [2.45, 2.75) is 59.1 Å². The molecule has 1 aliphatic carbocycles. The maximum absolute atomic E-state index is 13.8. The minimum atomic E-state index is -1.25. The molecule has 230 valence electrons. The number of fused-ring (bicyclic) bond motifs is 1. The van der Waals surface area contributed by atoms with E-state index in [2.05, 4.69) is 30.2 Å². The van der Waals surface area contributed by atoms with Gasteiger partial charge in [-0.1, -0.05) is 49.8 Å². The third kappa shape index (κ3) is 7.56. The molecule has 43 heavy (non-hydrogen) atoms. The molecule has 0 fully saturated rings. The van der Waals surface area contributed by atoms with Crippen LogP contribution in [0, 0.1) is 11.3 Å². The summed E-state index contributed by atoms with van der Waals surface area (Å²) in [7, 11) is 1.63. The topological polar surface area (TPSA) is 121 Å². The minimum absolute atomic E-state index is 0.0695. The minimum Gasteiger partial charge on any atom is -0.497 e. The lowest BCUT2D eigenvalue weighted by Crippen LogP contribution is -2.51. The lowest BCUT2D eigenvalue weighted by atomic mass is 9.63. The zero-order chi connectivity index (χ0) is 31.0. The van der Waals surface area contributed by atoms with Crippen molar-refractivity contribution in [1.82, 2.24) is 15.2 Å². The van der Waals surface area contributed by atoms with Crippen LogP contribution < -0.4 is 15.8 Å². The average molecular weight is 587 g/mol. The van der Waals surface area contributed by atoms with E-state index < -0.39 is 23.3 Å². The summed E-state index contributed by atoms with van der Waals surface area (Å²) >= 11 is 0. The van der Waals surface area contributed by atoms with Gasteiger partial charge >= 0.3 is 0 Å². The Morgan fingerprint density at radius 2 is 1.88 bits per heavy atom. The molecule has 1 aliphatic rings. The first-order valence-electron chi connectivity index (χ1n) is 15.3. The lowest BCUT2D eigenvalue weighted by molar-refractivity contribution is -0.132. The number of aliphatic hydroxyl groups excluding tert-OH is 1. The second-order valence-electron chi connectivity index (χ2n) is 11.7. The summed E-state index contributed by atoms with van der Waals surface area (Å²) in [5.41, 5.74) is 9.37. The lowest BCUT2D eigenvalue weighted by Gasteiger charge is -2.42. The molecular weight excluding hydrogens is 540 g/mol. The van der Waals surface area contributed by atoms with Crippen molar-refractivity contribution in [2.24, 2.45) is 17.1 Å². The number of carbonyl (C=O) groups is 2. The number of primary amides is 1. The van der Waals surface area contributed by atoms with Crippen LogP contribution in [-0.2, 0) is 22.6 Å². The quantitative estimate of drug-likeness (QED) is 0.202. The number of methoxy groups -OCH3 is 1. The van der Waals surface area contributed by atoms with Crippen LogP contribution in [0.5, 0.6) is 5.75 Å². The van der Waals surface area contributed by atoms with Crippen LogP contribution in [0.15, 0.2) is 78.0 Å². The number of hydrogen-bond donors (Lipinski definition) is 4. The molecule has 0 bridgehead atoms. The van der Waals surface area contributed by atoms with E-state index >= 15 is 0 Å². The highest BCUT2D eigenvalue weighted by Gasteiger charge is 2.48. The Balaban J connectivity index is 1.67. The van der Waals surface area contributed by atoms with Gasteiger partial charge < -0.3 is 30.8 Å². The molecule has 0 saturated heterocycles. The van der Waals surface area contributed by atoms with Crippen LogP contribution >= 0.6 is 0 Å². The van der Waals surface area contributed by atoms with Gasteiger partial charge in [0.15, 0.2) is 0 Å². The predicted molar refractivity (Wildman–Crippen MR) is 171 cm³/mol. The Morgan fingerprint density at radius 3 is 2.58 bits per heavy atom. The first-order chi connectivity index (χ1) is 20.7. The van der Waals surface area contributed by atoms with Gasteiger partial charge in [0.25, 0.3) is 0 Å². The molecule has 5 N–H and O–H groups in total. The van der Waals surface area contributed by atoms with Crippen LogP contribution in [0.25, 0.3) is 10.9 Å². The van der Waals surface area contributed by atoms with E-state index in [4.69, 9.17) is 10.5 Å². The Hall–Kier alpha value is -3.88. The Labute approximate surface area is 255 Å². The molecule has 2 aromatic carbocycles. The number of aliphatic hydroxyl groups is 1. The molecular formula is C35H46N4O4. The molecule has 2 amide bonds. The largest absolute Gasteiger partial charge is 0.497 e. The number of carbonyl (C=O) groups excluding carboxylic acids is 2. The molecule has 3 atom stereocenters. The number of nitrogens with two attached hydrogens (primary N) is 1. The molecule has 0 aliphatic heterocycles. The van der Waals surface area contributed by atoms with Gasteiger partial charge in [0.05, 0.1) is 18.6 Å². The fourth-order valence-electron chi connectivity index (χ4n) is 6.35. The highest BCUT2D eigenvalue weighted by atomic mass is 16.5. The molecule has 1 unspecified atom stereocenters. The van der Waals surface area contributed by atoms with Crippen LogP contribution in [-0.4, -0.2) is 59.7 Å². The molecule has 0 radical (unpaired) electrons. The number of rotatable bonds is 15. The van der Waals surface area contributed by atoms with Crippen molar-refractivity contribution in [3.63, 3.8) is 0 Å². The van der Waals surface area contributed by atoms with Gasteiger partial charge in [-0.3, -0.25) is 9.59 Å². The predicted octanol–water partition coefficient (Wildman–Crippen LogP) is 4.88. The van der Waals surface area contributed by atoms with Gasteiger partial charge in [-0.25, -0.2) is 0 Å². The second-order valence-corrected chi connectivity index (χ2v) is 11.7. The summed E-state index contributed by atoms with van der Waals surface area (Å²) in [6.07, 6.45) is 6.95. The summed E-state index contributed by atoms with van der Waals surface area (Å²) in [5.74, 6) is -0.434. The molecule has 4 rings (SSSR count). The summed E-state index contributed by atoms with van der Waals surface area (Å²) in [6, 6.07) is 15.9. The van der Waals surface area contributed by atoms with Gasteiger partial charge in [0.1, 0.15) is 5.75 Å². The van der Waals surface area contributed by atoms with Crippen LogP contribution in [0.4, 0.5) is 0 Å². The number of hydrogen-bond acceptors (Lipinski definition) is 5. The van der Waals surface area contributed by atoms with Gasteiger partial charge in [0.2, 0.25) is 11.8 Å². The van der Waals surface area contributed by atoms with E-state index in [9.17, 15) is 14.7 Å². The fraction of sp³-hybridized carbons (Fsp3) is 0.429. The van der Waals surface area contributed by atoms with E-state index in [0.717, 1.165) is 46.2 Å². The maximum Gasteiger partial charge on any atom is 0.249 e. The number of aromatic nitrogens is 1. The number of aromatic amines is 1. The van der Waals surface area contributed by atoms with Crippen molar-refractivity contribution in [3.8, 4) is 5.75 Å². The Kier molecular flexibility index (Phi) is 10.8. The maximum atomic E-state index is 13.8. The van der Waals surface area contributed by atoms with Crippen molar-refractivity contribution >= 4 is 22.7 Å². The summed E-state index contributed by atoms with van der Waals surface area (Å²) in [6.45, 7) is 8.04. The zero-order valence-electron chi connectivity index (χ0n) is 25.9. The number of amides is 2. The molecule has 0 saturated carbocycles. The molecule has 0 spiro atoms. The molecule has 3 aromatic rings. The van der Waals surface area contributed by atoms with Gasteiger partial charge in [-0.15, -0.1) is 0 Å². The number of ether oxygens (including phenoxy) is 1. The van der Waals surface area contributed by atoms with E-state index in [1.54, 1.807) is 7.11 Å². The molecule has 1 heterocycles. The third-order valence-electron chi connectivity index (χ3n) is 8.39. The summed E-state index contributed by atoms with van der Waals surface area (Å²) in [4.78, 5) is 32.4. The van der Waals surface area contributed by atoms with Crippen LogP contribution in [0.3, 0.4) is 0 Å². The van der Waals surface area contributed by atoms with E-state index in [1.165, 1.54) is 0 Å². The second kappa shape index (κ2) is 14.5. The normalized spacial score (nSPS) is 18.1.